The monoisotopic (exact) mass is 368 g/mol. The Labute approximate surface area is 153 Å². The van der Waals surface area contributed by atoms with E-state index in [1.807, 2.05) is 30.3 Å². The maximum Gasteiger partial charge on any atom is 0.276 e. The fourth-order valence-electron chi connectivity index (χ4n) is 2.32. The second-order valence-electron chi connectivity index (χ2n) is 5.05. The summed E-state index contributed by atoms with van der Waals surface area (Å²) in [6.45, 7) is 0. The standard InChI is InChI=1S/C18H12N2O3S2/c21-17-16(25-18(24)19(17)14-9-2-1-3-10-14)12-6-8-13-7-4-5-11-15(13)20(22)23/h1-12H/b8-6+,16-12-. The summed E-state index contributed by atoms with van der Waals surface area (Å²) in [6, 6.07) is 15.6. The number of para-hydroxylation sites is 2. The Morgan fingerprint density at radius 1 is 1.08 bits per heavy atom. The van der Waals surface area contributed by atoms with E-state index in [-0.39, 0.29) is 11.6 Å². The average molecular weight is 368 g/mol. The number of allylic oxidation sites excluding steroid dienone is 2. The van der Waals surface area contributed by atoms with Crippen molar-refractivity contribution in [3.8, 4) is 0 Å². The van der Waals surface area contributed by atoms with Crippen LogP contribution in [-0.4, -0.2) is 15.2 Å². The maximum atomic E-state index is 12.5. The number of nitro groups is 1. The lowest BCUT2D eigenvalue weighted by Gasteiger charge is -2.13. The molecule has 1 aliphatic heterocycles. The largest absolute Gasteiger partial charge is 0.276 e. The third-order valence-electron chi connectivity index (χ3n) is 3.46. The van der Waals surface area contributed by atoms with Crippen molar-refractivity contribution in [2.45, 2.75) is 0 Å². The van der Waals surface area contributed by atoms with Gasteiger partial charge in [-0.25, -0.2) is 0 Å². The summed E-state index contributed by atoms with van der Waals surface area (Å²) in [7, 11) is 0. The van der Waals surface area contributed by atoms with Gasteiger partial charge in [0.1, 0.15) is 0 Å². The van der Waals surface area contributed by atoms with Gasteiger partial charge in [-0.2, -0.15) is 0 Å². The second kappa shape index (κ2) is 7.42. The number of nitro benzene ring substituents is 1. The molecular weight excluding hydrogens is 356 g/mol. The number of carbonyl (C=O) groups excluding carboxylic acids is 1. The first kappa shape index (κ1) is 17.1. The predicted molar refractivity (Wildman–Crippen MR) is 104 cm³/mol. The number of hydrogen-bond donors (Lipinski definition) is 0. The molecule has 124 valence electrons. The first-order chi connectivity index (χ1) is 12.1. The lowest BCUT2D eigenvalue weighted by molar-refractivity contribution is -0.385. The minimum atomic E-state index is -0.436. The smallest absolute Gasteiger partial charge is 0.268 e. The molecular formula is C18H12N2O3S2. The van der Waals surface area contributed by atoms with Crippen molar-refractivity contribution < 1.29 is 9.72 Å². The Balaban J connectivity index is 1.83. The molecule has 0 bridgehead atoms. The number of carbonyl (C=O) groups is 1. The molecule has 0 radical (unpaired) electrons. The summed E-state index contributed by atoms with van der Waals surface area (Å²) < 4.78 is 0.460. The molecule has 0 atom stereocenters. The summed E-state index contributed by atoms with van der Waals surface area (Å²) >= 11 is 6.50. The highest BCUT2D eigenvalue weighted by atomic mass is 32.2. The van der Waals surface area contributed by atoms with Gasteiger partial charge in [0.15, 0.2) is 4.32 Å². The minimum absolute atomic E-state index is 0.0176. The van der Waals surface area contributed by atoms with Crippen LogP contribution in [0.1, 0.15) is 5.56 Å². The summed E-state index contributed by atoms with van der Waals surface area (Å²) in [4.78, 5) is 25.1. The highest BCUT2D eigenvalue weighted by Gasteiger charge is 2.32. The highest BCUT2D eigenvalue weighted by Crippen LogP contribution is 2.34. The number of rotatable bonds is 4. The third kappa shape index (κ3) is 3.67. The quantitative estimate of drug-likeness (QED) is 0.343. The van der Waals surface area contributed by atoms with Crippen LogP contribution >= 0.6 is 24.0 Å². The van der Waals surface area contributed by atoms with Crippen LogP contribution in [0.5, 0.6) is 0 Å². The van der Waals surface area contributed by atoms with Crippen molar-refractivity contribution >= 4 is 51.7 Å². The van der Waals surface area contributed by atoms with Gasteiger partial charge in [0.25, 0.3) is 11.6 Å². The van der Waals surface area contributed by atoms with Crippen molar-refractivity contribution in [2.24, 2.45) is 0 Å². The van der Waals surface area contributed by atoms with Gasteiger partial charge in [-0.3, -0.25) is 19.8 Å². The second-order valence-corrected chi connectivity index (χ2v) is 6.73. The molecule has 3 rings (SSSR count). The van der Waals surface area contributed by atoms with Crippen molar-refractivity contribution in [2.75, 3.05) is 4.90 Å². The van der Waals surface area contributed by atoms with Crippen LogP contribution < -0.4 is 4.90 Å². The van der Waals surface area contributed by atoms with E-state index < -0.39 is 4.92 Å². The van der Waals surface area contributed by atoms with E-state index in [0.717, 1.165) is 5.69 Å². The molecule has 25 heavy (non-hydrogen) atoms. The van der Waals surface area contributed by atoms with Gasteiger partial charge in [-0.1, -0.05) is 60.4 Å². The molecule has 0 spiro atoms. The van der Waals surface area contributed by atoms with Crippen LogP contribution in [0.4, 0.5) is 11.4 Å². The molecule has 5 nitrogen and oxygen atoms in total. The third-order valence-corrected chi connectivity index (χ3v) is 4.79. The Kier molecular flexibility index (Phi) is 5.06. The van der Waals surface area contributed by atoms with Gasteiger partial charge in [-0.05, 0) is 30.4 Å². The Morgan fingerprint density at radius 2 is 1.76 bits per heavy atom. The normalized spacial score (nSPS) is 16.2. The van der Waals surface area contributed by atoms with Crippen LogP contribution in [0, 0.1) is 10.1 Å². The zero-order valence-electron chi connectivity index (χ0n) is 12.9. The summed E-state index contributed by atoms with van der Waals surface area (Å²) in [5.74, 6) is -0.201. The summed E-state index contributed by atoms with van der Waals surface area (Å²) in [6.07, 6.45) is 4.85. The molecule has 1 fully saturated rings. The van der Waals surface area contributed by atoms with Gasteiger partial charge in [0.2, 0.25) is 0 Å². The molecule has 0 unspecified atom stereocenters. The molecule has 1 aliphatic rings. The van der Waals surface area contributed by atoms with E-state index in [0.29, 0.717) is 14.8 Å². The summed E-state index contributed by atoms with van der Waals surface area (Å²) in [5, 5.41) is 11.0. The fraction of sp³-hybridized carbons (Fsp3) is 0. The topological polar surface area (TPSA) is 63.4 Å². The SMILES string of the molecule is O=C1/C(=C/C=C/c2ccccc2[N+](=O)[O-])SC(=S)N1c1ccccc1. The Hall–Kier alpha value is -2.77. The molecule has 0 N–H and O–H groups in total. The maximum absolute atomic E-state index is 12.5. The number of anilines is 1. The molecule has 7 heteroatoms. The van der Waals surface area contributed by atoms with Gasteiger partial charge in [-0.15, -0.1) is 0 Å². The number of hydrogen-bond acceptors (Lipinski definition) is 5. The molecule has 0 aromatic heterocycles. The number of benzene rings is 2. The first-order valence-corrected chi connectivity index (χ1v) is 8.53. The summed E-state index contributed by atoms with van der Waals surface area (Å²) in [5.41, 5.74) is 1.21. The zero-order valence-corrected chi connectivity index (χ0v) is 14.5. The Bertz CT molecular complexity index is 908. The number of amides is 1. The molecule has 1 amide bonds. The van der Waals surface area contributed by atoms with Gasteiger partial charge < -0.3 is 0 Å². The van der Waals surface area contributed by atoms with E-state index >= 15 is 0 Å². The highest BCUT2D eigenvalue weighted by molar-refractivity contribution is 8.27. The average Bonchev–Trinajstić information content (AvgIpc) is 2.90. The minimum Gasteiger partial charge on any atom is -0.268 e. The predicted octanol–water partition coefficient (Wildman–Crippen LogP) is 4.56. The number of nitrogens with zero attached hydrogens (tertiary/aromatic N) is 2. The lowest BCUT2D eigenvalue weighted by atomic mass is 10.1. The molecule has 2 aromatic carbocycles. The van der Waals surface area contributed by atoms with Crippen LogP contribution in [0.3, 0.4) is 0 Å². The molecule has 1 saturated heterocycles. The molecule has 0 aliphatic carbocycles. The van der Waals surface area contributed by atoms with Crippen LogP contribution in [0.25, 0.3) is 6.08 Å². The molecule has 0 saturated carbocycles. The van der Waals surface area contributed by atoms with Gasteiger partial charge in [0.05, 0.1) is 21.1 Å². The zero-order chi connectivity index (χ0) is 17.8. The van der Waals surface area contributed by atoms with E-state index in [2.05, 4.69) is 0 Å². The molecule has 1 heterocycles. The number of thioether (sulfide) groups is 1. The number of thiocarbonyl (C=S) groups is 1. The van der Waals surface area contributed by atoms with Gasteiger partial charge >= 0.3 is 0 Å². The van der Waals surface area contributed by atoms with E-state index in [4.69, 9.17) is 12.2 Å². The Morgan fingerprint density at radius 3 is 2.48 bits per heavy atom. The van der Waals surface area contributed by atoms with Crippen molar-refractivity contribution in [1.82, 2.24) is 0 Å². The van der Waals surface area contributed by atoms with Gasteiger partial charge in [0, 0.05) is 6.07 Å². The fourth-order valence-corrected chi connectivity index (χ4v) is 3.57. The van der Waals surface area contributed by atoms with E-state index in [1.165, 1.54) is 22.7 Å². The van der Waals surface area contributed by atoms with Crippen LogP contribution in [0.2, 0.25) is 0 Å². The first-order valence-electron chi connectivity index (χ1n) is 7.31. The van der Waals surface area contributed by atoms with Crippen LogP contribution in [-0.2, 0) is 4.79 Å². The lowest BCUT2D eigenvalue weighted by Crippen LogP contribution is -2.27. The molecule has 2 aromatic rings. The van der Waals surface area contributed by atoms with Crippen molar-refractivity contribution in [1.29, 1.82) is 0 Å². The van der Waals surface area contributed by atoms with E-state index in [1.54, 1.807) is 36.4 Å². The van der Waals surface area contributed by atoms with Crippen molar-refractivity contribution in [3.05, 3.63) is 87.3 Å². The van der Waals surface area contributed by atoms with E-state index in [9.17, 15) is 14.9 Å². The van der Waals surface area contributed by atoms with Crippen molar-refractivity contribution in [3.63, 3.8) is 0 Å². The van der Waals surface area contributed by atoms with Crippen LogP contribution in [0.15, 0.2) is 71.7 Å².